The monoisotopic (exact) mass is 225 g/mol. The largest absolute Gasteiger partial charge is 0.481 e. The molecule has 8 heteroatoms. The fourth-order valence-corrected chi connectivity index (χ4v) is 0.323. The molecule has 0 aromatic rings. The van der Waals surface area contributed by atoms with Gasteiger partial charge in [-0.15, -0.1) is 0 Å². The Morgan fingerprint density at radius 1 is 1.27 bits per heavy atom. The number of rotatable bonds is 5. The minimum absolute atomic E-state index is 0.222. The highest BCUT2D eigenvalue weighted by Crippen LogP contribution is 2.05. The average Bonchev–Trinajstić information content (AvgIpc) is 2.21. The van der Waals surface area contributed by atoms with Crippen molar-refractivity contribution in [3.05, 3.63) is 10.1 Å². The van der Waals surface area contributed by atoms with Crippen LogP contribution in [0, 0.1) is 10.1 Å². The van der Waals surface area contributed by atoms with Gasteiger partial charge < -0.3 is 20.4 Å². The highest BCUT2D eigenvalue weighted by molar-refractivity contribution is 5.66. The fraction of sp³-hybridized carbons (Fsp3) is 0.857. The van der Waals surface area contributed by atoms with E-state index >= 15 is 0 Å². The van der Waals surface area contributed by atoms with Crippen molar-refractivity contribution in [2.45, 2.75) is 18.9 Å². The molecule has 0 atom stereocenters. The van der Waals surface area contributed by atoms with Gasteiger partial charge in [0.25, 0.3) is 5.54 Å². The third-order valence-electron chi connectivity index (χ3n) is 1.57. The van der Waals surface area contributed by atoms with E-state index in [9.17, 15) is 14.9 Å². The van der Waals surface area contributed by atoms with Crippen molar-refractivity contribution in [2.24, 2.45) is 0 Å². The molecule has 0 unspecified atom stereocenters. The standard InChI is InChI=1S/C4H9NO5.C3H6O2/c6-1-4(2-7,3-8)5(9)10;1-2-3(4)5/h6-8H,1-3H2;2H2,1H3,(H,4,5). The van der Waals surface area contributed by atoms with E-state index in [1.165, 1.54) is 0 Å². The summed E-state index contributed by atoms with van der Waals surface area (Å²) in [5, 5.41) is 42.9. The molecule has 0 aromatic heterocycles. The summed E-state index contributed by atoms with van der Waals surface area (Å²) in [6.45, 7) is -1.00. The number of nitrogens with zero attached hydrogens (tertiary/aromatic N) is 1. The Hall–Kier alpha value is -1.25. The fourth-order valence-electron chi connectivity index (χ4n) is 0.323. The molecule has 0 rings (SSSR count). The molecular weight excluding hydrogens is 210 g/mol. The molecule has 0 spiro atoms. The van der Waals surface area contributed by atoms with Gasteiger partial charge in [0.05, 0.1) is 0 Å². The number of hydrogen-bond donors (Lipinski definition) is 4. The van der Waals surface area contributed by atoms with Gasteiger partial charge in [-0.05, 0) is 0 Å². The minimum atomic E-state index is -1.99. The normalized spacial score (nSPS) is 10.1. The number of carboxylic acid groups (broad SMARTS) is 1. The summed E-state index contributed by atoms with van der Waals surface area (Å²) in [5.74, 6) is -0.745. The van der Waals surface area contributed by atoms with Crippen LogP contribution in [0.3, 0.4) is 0 Å². The third kappa shape index (κ3) is 5.94. The van der Waals surface area contributed by atoms with Crippen molar-refractivity contribution >= 4 is 5.97 Å². The number of aliphatic hydroxyl groups excluding tert-OH is 3. The molecule has 0 heterocycles. The molecule has 0 saturated carbocycles. The van der Waals surface area contributed by atoms with E-state index in [4.69, 9.17) is 20.4 Å². The molecule has 0 fully saturated rings. The molecule has 0 saturated heterocycles. The van der Waals surface area contributed by atoms with E-state index in [2.05, 4.69) is 0 Å². The Kier molecular flexibility index (Phi) is 8.73. The molecule has 0 aliphatic heterocycles. The van der Waals surface area contributed by atoms with Crippen LogP contribution >= 0.6 is 0 Å². The van der Waals surface area contributed by atoms with Crippen LogP contribution in [0.15, 0.2) is 0 Å². The second-order valence-corrected chi connectivity index (χ2v) is 2.70. The van der Waals surface area contributed by atoms with Crippen LogP contribution in [-0.2, 0) is 4.79 Å². The van der Waals surface area contributed by atoms with E-state index in [1.807, 2.05) is 0 Å². The predicted octanol–water partition coefficient (Wildman–Crippen LogP) is -1.54. The minimum Gasteiger partial charge on any atom is -0.481 e. The molecule has 15 heavy (non-hydrogen) atoms. The molecule has 0 radical (unpaired) electrons. The van der Waals surface area contributed by atoms with Crippen molar-refractivity contribution in [2.75, 3.05) is 19.8 Å². The first-order valence-electron chi connectivity index (χ1n) is 4.09. The van der Waals surface area contributed by atoms with Gasteiger partial charge in [-0.3, -0.25) is 14.9 Å². The number of aliphatic carboxylic acids is 1. The zero-order valence-corrected chi connectivity index (χ0v) is 8.29. The maximum absolute atomic E-state index is 10.0. The van der Waals surface area contributed by atoms with Crippen LogP contribution in [0.1, 0.15) is 13.3 Å². The number of hydrogen-bond acceptors (Lipinski definition) is 6. The Morgan fingerprint density at radius 2 is 1.53 bits per heavy atom. The second kappa shape index (κ2) is 8.09. The quantitative estimate of drug-likeness (QED) is 0.328. The SMILES string of the molecule is CCC(=O)O.O=[N+]([O-])C(CO)(CO)CO. The van der Waals surface area contributed by atoms with Crippen LogP contribution in [-0.4, -0.2) is 56.7 Å². The lowest BCUT2D eigenvalue weighted by Gasteiger charge is -2.16. The van der Waals surface area contributed by atoms with Crippen molar-refractivity contribution in [3.8, 4) is 0 Å². The molecular formula is C7H15NO7. The van der Waals surface area contributed by atoms with Crippen LogP contribution in [0.4, 0.5) is 0 Å². The van der Waals surface area contributed by atoms with Gasteiger partial charge >= 0.3 is 5.97 Å². The van der Waals surface area contributed by atoms with Gasteiger partial charge in [-0.1, -0.05) is 6.92 Å². The maximum atomic E-state index is 10.0. The zero-order valence-electron chi connectivity index (χ0n) is 8.29. The first-order chi connectivity index (χ1) is 6.90. The Balaban J connectivity index is 0. The highest BCUT2D eigenvalue weighted by Gasteiger charge is 2.41. The van der Waals surface area contributed by atoms with Gasteiger partial charge in [0, 0.05) is 11.3 Å². The maximum Gasteiger partial charge on any atom is 0.303 e. The molecule has 4 N–H and O–H groups in total. The molecule has 8 nitrogen and oxygen atoms in total. The Bertz CT molecular complexity index is 193. The summed E-state index contributed by atoms with van der Waals surface area (Å²) in [4.78, 5) is 18.5. The highest BCUT2D eigenvalue weighted by atomic mass is 16.6. The van der Waals surface area contributed by atoms with Crippen molar-refractivity contribution in [3.63, 3.8) is 0 Å². The zero-order chi connectivity index (χ0) is 12.5. The first-order valence-corrected chi connectivity index (χ1v) is 4.09. The van der Waals surface area contributed by atoms with Crippen molar-refractivity contribution in [1.82, 2.24) is 0 Å². The smallest absolute Gasteiger partial charge is 0.303 e. The van der Waals surface area contributed by atoms with Crippen LogP contribution in [0.5, 0.6) is 0 Å². The molecule has 0 aliphatic carbocycles. The van der Waals surface area contributed by atoms with Crippen molar-refractivity contribution in [1.29, 1.82) is 0 Å². The molecule has 0 amide bonds. The summed E-state index contributed by atoms with van der Waals surface area (Å²) in [5.41, 5.74) is -1.99. The van der Waals surface area contributed by atoms with Crippen LogP contribution < -0.4 is 0 Å². The van der Waals surface area contributed by atoms with E-state index in [1.54, 1.807) is 6.92 Å². The Labute approximate surface area is 85.9 Å². The average molecular weight is 225 g/mol. The number of carboxylic acids is 1. The van der Waals surface area contributed by atoms with Crippen LogP contribution in [0.2, 0.25) is 0 Å². The van der Waals surface area contributed by atoms with Gasteiger partial charge in [-0.2, -0.15) is 0 Å². The Morgan fingerprint density at radius 3 is 1.53 bits per heavy atom. The van der Waals surface area contributed by atoms with Gasteiger partial charge in [0.15, 0.2) is 0 Å². The third-order valence-corrected chi connectivity index (χ3v) is 1.57. The molecule has 0 aromatic carbocycles. The van der Waals surface area contributed by atoms with E-state index in [0.717, 1.165) is 0 Å². The summed E-state index contributed by atoms with van der Waals surface area (Å²) in [6.07, 6.45) is 0.222. The van der Waals surface area contributed by atoms with Crippen LogP contribution in [0.25, 0.3) is 0 Å². The lowest BCUT2D eigenvalue weighted by molar-refractivity contribution is -0.580. The van der Waals surface area contributed by atoms with Gasteiger partial charge in [0.1, 0.15) is 19.8 Å². The summed E-state index contributed by atoms with van der Waals surface area (Å²) >= 11 is 0. The summed E-state index contributed by atoms with van der Waals surface area (Å²) in [7, 11) is 0. The van der Waals surface area contributed by atoms with Crippen molar-refractivity contribution < 1.29 is 30.1 Å². The van der Waals surface area contributed by atoms with E-state index < -0.39 is 36.3 Å². The lowest BCUT2D eigenvalue weighted by Crippen LogP contribution is -2.49. The van der Waals surface area contributed by atoms with E-state index in [-0.39, 0.29) is 6.42 Å². The van der Waals surface area contributed by atoms with E-state index in [0.29, 0.717) is 0 Å². The summed E-state index contributed by atoms with van der Waals surface area (Å²) < 4.78 is 0. The predicted molar refractivity (Wildman–Crippen MR) is 48.9 cm³/mol. The summed E-state index contributed by atoms with van der Waals surface area (Å²) in [6, 6.07) is 0. The number of aliphatic hydroxyl groups is 3. The molecule has 0 aliphatic rings. The second-order valence-electron chi connectivity index (χ2n) is 2.70. The van der Waals surface area contributed by atoms with Gasteiger partial charge in [-0.25, -0.2) is 0 Å². The van der Waals surface area contributed by atoms with Gasteiger partial charge in [0.2, 0.25) is 0 Å². The number of carbonyl (C=O) groups is 1. The molecule has 0 bridgehead atoms. The lowest BCUT2D eigenvalue weighted by atomic mass is 10.1. The first kappa shape index (κ1) is 16.2. The number of nitro groups is 1. The topological polar surface area (TPSA) is 141 Å². The molecule has 90 valence electrons.